The zero-order valence-corrected chi connectivity index (χ0v) is 14.1. The summed E-state index contributed by atoms with van der Waals surface area (Å²) in [5.74, 6) is 0. The summed E-state index contributed by atoms with van der Waals surface area (Å²) < 4.78 is 44.7. The Kier molecular flexibility index (Phi) is 4.50. The second-order valence-electron chi connectivity index (χ2n) is 7.31. The number of H-pyrrole nitrogens is 1. The molecule has 0 bridgehead atoms. The Labute approximate surface area is 134 Å². The van der Waals surface area contributed by atoms with E-state index in [0.29, 0.717) is 18.5 Å². The zero-order chi connectivity index (χ0) is 17.5. The number of halogens is 3. The fourth-order valence-corrected chi connectivity index (χ4v) is 2.07. The molecule has 1 N–H and O–H groups in total. The van der Waals surface area contributed by atoms with E-state index in [1.807, 2.05) is 13.8 Å². The molecule has 23 heavy (non-hydrogen) atoms. The largest absolute Gasteiger partial charge is 0.435 e. The van der Waals surface area contributed by atoms with Gasteiger partial charge in [-0.15, -0.1) is 0 Å². The third-order valence-corrected chi connectivity index (χ3v) is 4.56. The fraction of sp³-hybridized carbons (Fsp3) is 0.588. The monoisotopic (exact) mass is 328 g/mol. The van der Waals surface area contributed by atoms with Gasteiger partial charge in [-0.1, -0.05) is 26.8 Å². The van der Waals surface area contributed by atoms with Crippen molar-refractivity contribution in [1.82, 2.24) is 10.2 Å². The van der Waals surface area contributed by atoms with Crippen LogP contribution < -0.4 is 0 Å². The molecule has 0 saturated heterocycles. The number of hydrogen-bond donors (Lipinski definition) is 1. The molecule has 1 heterocycles. The molecule has 0 aliphatic carbocycles. The lowest BCUT2D eigenvalue weighted by molar-refractivity contribution is -0.139. The summed E-state index contributed by atoms with van der Waals surface area (Å²) in [6.07, 6.45) is -3.90. The molecule has 0 atom stereocenters. The van der Waals surface area contributed by atoms with Gasteiger partial charge in [0.25, 0.3) is 0 Å². The minimum atomic E-state index is -4.46. The summed E-state index contributed by atoms with van der Waals surface area (Å²) in [5.41, 5.74) is -0.0223. The van der Waals surface area contributed by atoms with Crippen LogP contribution in [0.2, 0.25) is 0 Å². The summed E-state index contributed by atoms with van der Waals surface area (Å²) in [6, 6.07) is 4.96. The van der Waals surface area contributed by atoms with Crippen LogP contribution in [0.15, 0.2) is 18.2 Å². The van der Waals surface area contributed by atoms with Gasteiger partial charge in [-0.05, 0) is 43.4 Å². The highest BCUT2D eigenvalue weighted by Gasteiger charge is 2.36. The first-order chi connectivity index (χ1) is 10.4. The minimum absolute atomic E-state index is 0.0229. The fourth-order valence-electron chi connectivity index (χ4n) is 2.07. The van der Waals surface area contributed by atoms with Gasteiger partial charge in [0.05, 0.1) is 17.7 Å². The van der Waals surface area contributed by atoms with E-state index in [1.165, 1.54) is 6.07 Å². The highest BCUT2D eigenvalue weighted by Crippen LogP contribution is 2.34. The van der Waals surface area contributed by atoms with Crippen molar-refractivity contribution in [3.63, 3.8) is 0 Å². The Hall–Kier alpha value is -1.56. The molecule has 1 aromatic heterocycles. The molecule has 0 saturated carbocycles. The quantitative estimate of drug-likeness (QED) is 0.861. The van der Waals surface area contributed by atoms with Crippen molar-refractivity contribution in [3.8, 4) is 0 Å². The van der Waals surface area contributed by atoms with Crippen molar-refractivity contribution in [2.24, 2.45) is 5.41 Å². The van der Waals surface area contributed by atoms with Gasteiger partial charge in [0.2, 0.25) is 0 Å². The molecule has 0 unspecified atom stereocenters. The first kappa shape index (κ1) is 17.8. The molecule has 0 aliphatic rings. The van der Waals surface area contributed by atoms with Crippen LogP contribution in [0.4, 0.5) is 13.2 Å². The Morgan fingerprint density at radius 1 is 1.09 bits per heavy atom. The lowest BCUT2D eigenvalue weighted by atomic mass is 9.79. The molecule has 0 aliphatic heterocycles. The predicted octanol–water partition coefficient (Wildman–Crippen LogP) is 4.97. The molecular formula is C17H23F3N2O. The van der Waals surface area contributed by atoms with Gasteiger partial charge in [-0.25, -0.2) is 0 Å². The smallest absolute Gasteiger partial charge is 0.375 e. The number of fused-ring (bicyclic) bond motifs is 1. The van der Waals surface area contributed by atoms with Crippen molar-refractivity contribution < 1.29 is 17.9 Å². The molecule has 2 rings (SSSR count). The van der Waals surface area contributed by atoms with Gasteiger partial charge >= 0.3 is 6.18 Å². The number of alkyl halides is 3. The van der Waals surface area contributed by atoms with E-state index in [9.17, 15) is 13.2 Å². The number of rotatable bonds is 4. The Morgan fingerprint density at radius 3 is 2.30 bits per heavy atom. The van der Waals surface area contributed by atoms with Crippen molar-refractivity contribution >= 4 is 10.9 Å². The van der Waals surface area contributed by atoms with Gasteiger partial charge < -0.3 is 4.74 Å². The van der Waals surface area contributed by atoms with E-state index in [4.69, 9.17) is 4.74 Å². The first-order valence-electron chi connectivity index (χ1n) is 7.60. The van der Waals surface area contributed by atoms with Crippen LogP contribution in [-0.4, -0.2) is 22.4 Å². The number of nitrogens with one attached hydrogen (secondary N) is 1. The number of hydrogen-bond acceptors (Lipinski definition) is 2. The third-order valence-electron chi connectivity index (χ3n) is 4.56. The molecular weight excluding hydrogens is 305 g/mol. The first-order valence-corrected chi connectivity index (χ1v) is 7.60. The Balaban J connectivity index is 2.13. The number of aromatic nitrogens is 2. The molecule has 2 aromatic rings. The van der Waals surface area contributed by atoms with Gasteiger partial charge in [0, 0.05) is 5.39 Å². The SMILES string of the molecule is CC(C)(C)C(C)(C)OCCc1ccc2[nH]nc(C(F)(F)F)c2c1. The van der Waals surface area contributed by atoms with Gasteiger partial charge in [0.15, 0.2) is 5.69 Å². The van der Waals surface area contributed by atoms with Gasteiger partial charge in [-0.2, -0.15) is 18.3 Å². The van der Waals surface area contributed by atoms with Crippen molar-refractivity contribution in [2.45, 2.75) is 52.8 Å². The lowest BCUT2D eigenvalue weighted by Crippen LogP contribution is -2.40. The van der Waals surface area contributed by atoms with Crippen LogP contribution >= 0.6 is 0 Å². The molecule has 128 valence electrons. The second kappa shape index (κ2) is 5.82. The standard InChI is InChI=1S/C17H23F3N2O/c1-15(2,3)16(4,5)23-9-8-11-6-7-13-12(10-11)14(22-21-13)17(18,19)20/h6-7,10H,8-9H2,1-5H3,(H,21,22). The normalized spacial score (nSPS) is 13.7. The summed E-state index contributed by atoms with van der Waals surface area (Å²) in [7, 11) is 0. The van der Waals surface area contributed by atoms with E-state index in [-0.39, 0.29) is 16.4 Å². The number of benzene rings is 1. The van der Waals surface area contributed by atoms with Crippen LogP contribution in [0.3, 0.4) is 0 Å². The van der Waals surface area contributed by atoms with Crippen molar-refractivity contribution in [3.05, 3.63) is 29.5 Å². The maximum atomic E-state index is 12.9. The Morgan fingerprint density at radius 2 is 1.74 bits per heavy atom. The lowest BCUT2D eigenvalue weighted by Gasteiger charge is -2.38. The van der Waals surface area contributed by atoms with E-state index < -0.39 is 11.9 Å². The maximum absolute atomic E-state index is 12.9. The minimum Gasteiger partial charge on any atom is -0.375 e. The highest BCUT2D eigenvalue weighted by molar-refractivity contribution is 5.82. The molecule has 1 aromatic carbocycles. The molecule has 0 spiro atoms. The molecule has 6 heteroatoms. The average Bonchev–Trinajstić information content (AvgIpc) is 2.80. The summed E-state index contributed by atoms with van der Waals surface area (Å²) in [4.78, 5) is 0. The highest BCUT2D eigenvalue weighted by atomic mass is 19.4. The van der Waals surface area contributed by atoms with Crippen LogP contribution in [0.25, 0.3) is 10.9 Å². The summed E-state index contributed by atoms with van der Waals surface area (Å²) >= 11 is 0. The molecule has 0 fully saturated rings. The summed E-state index contributed by atoms with van der Waals surface area (Å²) in [5, 5.41) is 5.90. The third kappa shape index (κ3) is 3.86. The predicted molar refractivity (Wildman–Crippen MR) is 84.3 cm³/mol. The van der Waals surface area contributed by atoms with Crippen LogP contribution in [-0.2, 0) is 17.3 Å². The van der Waals surface area contributed by atoms with Crippen LogP contribution in [0, 0.1) is 5.41 Å². The Bertz CT molecular complexity index is 681. The topological polar surface area (TPSA) is 37.9 Å². The maximum Gasteiger partial charge on any atom is 0.435 e. The molecule has 0 amide bonds. The van der Waals surface area contributed by atoms with Crippen LogP contribution in [0.1, 0.15) is 45.9 Å². The summed E-state index contributed by atoms with van der Waals surface area (Å²) in [6.45, 7) is 10.8. The molecule has 3 nitrogen and oxygen atoms in total. The number of nitrogens with zero attached hydrogens (tertiary/aromatic N) is 1. The van der Waals surface area contributed by atoms with E-state index >= 15 is 0 Å². The second-order valence-corrected chi connectivity index (χ2v) is 7.31. The van der Waals surface area contributed by atoms with Gasteiger partial charge in [-0.3, -0.25) is 5.10 Å². The molecule has 0 radical (unpaired) electrons. The van der Waals surface area contributed by atoms with E-state index in [1.54, 1.807) is 12.1 Å². The number of ether oxygens (including phenoxy) is 1. The van der Waals surface area contributed by atoms with Crippen LogP contribution in [0.5, 0.6) is 0 Å². The van der Waals surface area contributed by atoms with E-state index in [0.717, 1.165) is 5.56 Å². The number of aromatic amines is 1. The van der Waals surface area contributed by atoms with Crippen molar-refractivity contribution in [2.75, 3.05) is 6.61 Å². The van der Waals surface area contributed by atoms with Gasteiger partial charge in [0.1, 0.15) is 0 Å². The van der Waals surface area contributed by atoms with Crippen molar-refractivity contribution in [1.29, 1.82) is 0 Å². The zero-order valence-electron chi connectivity index (χ0n) is 14.1. The van der Waals surface area contributed by atoms with E-state index in [2.05, 4.69) is 31.0 Å². The average molecular weight is 328 g/mol.